The molecule has 1 aliphatic heterocycles. The highest BCUT2D eigenvalue weighted by atomic mass is 32.2. The molecule has 0 bridgehead atoms. The SMILES string of the molecule is CC(C)(C)[S@@](=O)N[C@H](c1ccccc1)[C@@H](CCc1ccccc1)B1OC(C)(C)C(C)(C)O1. The lowest BCUT2D eigenvalue weighted by molar-refractivity contribution is 0.00578. The van der Waals surface area contributed by atoms with Crippen LogP contribution in [-0.4, -0.2) is 27.3 Å². The summed E-state index contributed by atoms with van der Waals surface area (Å²) >= 11 is 0. The van der Waals surface area contributed by atoms with Gasteiger partial charge in [-0.2, -0.15) is 0 Å². The van der Waals surface area contributed by atoms with Crippen molar-refractivity contribution in [3.63, 3.8) is 0 Å². The monoisotopic (exact) mass is 455 g/mol. The fourth-order valence-electron chi connectivity index (χ4n) is 3.86. The van der Waals surface area contributed by atoms with Gasteiger partial charge in [-0.15, -0.1) is 0 Å². The number of hydrogen-bond donors (Lipinski definition) is 1. The lowest BCUT2D eigenvalue weighted by atomic mass is 9.64. The van der Waals surface area contributed by atoms with Gasteiger partial charge in [0, 0.05) is 11.9 Å². The molecular formula is C26H38BNO3S. The van der Waals surface area contributed by atoms with E-state index < -0.39 is 29.3 Å². The van der Waals surface area contributed by atoms with Crippen molar-refractivity contribution < 1.29 is 13.5 Å². The topological polar surface area (TPSA) is 47.6 Å². The molecule has 0 amide bonds. The van der Waals surface area contributed by atoms with Crippen LogP contribution < -0.4 is 4.72 Å². The molecule has 174 valence electrons. The van der Waals surface area contributed by atoms with Crippen molar-refractivity contribution in [3.8, 4) is 0 Å². The molecule has 0 spiro atoms. The van der Waals surface area contributed by atoms with Gasteiger partial charge in [0.05, 0.1) is 26.9 Å². The zero-order valence-electron chi connectivity index (χ0n) is 20.6. The van der Waals surface area contributed by atoms with Gasteiger partial charge in [-0.1, -0.05) is 60.7 Å². The molecule has 3 rings (SSSR count). The van der Waals surface area contributed by atoms with E-state index in [-0.39, 0.29) is 16.6 Å². The summed E-state index contributed by atoms with van der Waals surface area (Å²) in [6.07, 6.45) is 1.73. The standard InChI is InChI=1S/C26H38BNO3S/c1-24(2,3)32(29)28-23(21-16-12-9-13-17-21)22(19-18-20-14-10-8-11-15-20)27-30-25(4,5)26(6,7)31-27/h8-17,22-23,28H,18-19H2,1-7H3/t22-,23-,32-/m1/s1. The Labute approximate surface area is 197 Å². The quantitative estimate of drug-likeness (QED) is 0.506. The molecule has 1 heterocycles. The maximum atomic E-state index is 13.2. The second kappa shape index (κ2) is 9.80. The van der Waals surface area contributed by atoms with Crippen LogP contribution in [0.15, 0.2) is 60.7 Å². The zero-order valence-corrected chi connectivity index (χ0v) is 21.4. The van der Waals surface area contributed by atoms with E-state index >= 15 is 0 Å². The molecule has 4 nitrogen and oxygen atoms in total. The molecule has 0 aliphatic carbocycles. The molecule has 0 saturated carbocycles. The van der Waals surface area contributed by atoms with Gasteiger partial charge in [0.2, 0.25) is 0 Å². The van der Waals surface area contributed by atoms with Crippen molar-refractivity contribution in [1.29, 1.82) is 0 Å². The minimum absolute atomic E-state index is 0.0232. The van der Waals surface area contributed by atoms with Crippen LogP contribution in [-0.2, 0) is 26.7 Å². The van der Waals surface area contributed by atoms with Crippen LogP contribution in [0.1, 0.15) is 72.1 Å². The third-order valence-corrected chi connectivity index (χ3v) is 8.19. The van der Waals surface area contributed by atoms with Crippen molar-refractivity contribution in [2.45, 2.75) is 89.1 Å². The number of aryl methyl sites for hydroxylation is 1. The highest BCUT2D eigenvalue weighted by molar-refractivity contribution is 7.84. The molecule has 1 aliphatic rings. The Morgan fingerprint density at radius 3 is 1.91 bits per heavy atom. The average molecular weight is 455 g/mol. The molecule has 0 aromatic heterocycles. The van der Waals surface area contributed by atoms with Gasteiger partial charge >= 0.3 is 7.12 Å². The van der Waals surface area contributed by atoms with Crippen LogP contribution in [0, 0.1) is 0 Å². The van der Waals surface area contributed by atoms with Crippen molar-refractivity contribution in [2.75, 3.05) is 0 Å². The maximum Gasteiger partial charge on any atom is 0.463 e. The minimum atomic E-state index is -1.24. The summed E-state index contributed by atoms with van der Waals surface area (Å²) in [5.74, 6) is -0.0232. The summed E-state index contributed by atoms with van der Waals surface area (Å²) in [5, 5.41) is 0. The highest BCUT2D eigenvalue weighted by Crippen LogP contribution is 2.45. The minimum Gasteiger partial charge on any atom is -0.403 e. The number of nitrogens with one attached hydrogen (secondary N) is 1. The number of hydrogen-bond acceptors (Lipinski definition) is 3. The van der Waals surface area contributed by atoms with Crippen molar-refractivity contribution >= 4 is 18.1 Å². The summed E-state index contributed by atoms with van der Waals surface area (Å²) in [6.45, 7) is 14.3. The molecule has 1 fully saturated rings. The number of rotatable bonds is 8. The molecular weight excluding hydrogens is 417 g/mol. The summed E-state index contributed by atoms with van der Waals surface area (Å²) in [7, 11) is -1.64. The van der Waals surface area contributed by atoms with Gasteiger partial charge in [-0.3, -0.25) is 0 Å². The molecule has 1 N–H and O–H groups in total. The Kier molecular flexibility index (Phi) is 7.71. The van der Waals surface area contributed by atoms with Gasteiger partial charge in [0.1, 0.15) is 0 Å². The van der Waals surface area contributed by atoms with Gasteiger partial charge in [0.15, 0.2) is 0 Å². The molecule has 3 atom stereocenters. The van der Waals surface area contributed by atoms with Crippen LogP contribution in [0.3, 0.4) is 0 Å². The Bertz CT molecular complexity index is 880. The first kappa shape index (κ1) is 25.2. The fraction of sp³-hybridized carbons (Fsp3) is 0.538. The van der Waals surface area contributed by atoms with E-state index in [1.807, 2.05) is 45.0 Å². The molecule has 1 saturated heterocycles. The van der Waals surface area contributed by atoms with Crippen molar-refractivity contribution in [1.82, 2.24) is 4.72 Å². The van der Waals surface area contributed by atoms with Gasteiger partial charge in [-0.25, -0.2) is 8.93 Å². The largest absolute Gasteiger partial charge is 0.463 e. The Balaban J connectivity index is 1.97. The highest BCUT2D eigenvalue weighted by Gasteiger charge is 2.55. The van der Waals surface area contributed by atoms with E-state index in [1.54, 1.807) is 0 Å². The maximum absolute atomic E-state index is 13.2. The van der Waals surface area contributed by atoms with Crippen molar-refractivity contribution in [2.24, 2.45) is 0 Å². The fourth-order valence-corrected chi connectivity index (χ4v) is 4.75. The van der Waals surface area contributed by atoms with E-state index in [1.165, 1.54) is 5.56 Å². The first-order valence-corrected chi connectivity index (χ1v) is 12.7. The first-order chi connectivity index (χ1) is 14.9. The van der Waals surface area contributed by atoms with Crippen LogP contribution in [0.25, 0.3) is 0 Å². The predicted octanol–water partition coefficient (Wildman–Crippen LogP) is 5.87. The smallest absolute Gasteiger partial charge is 0.403 e. The van der Waals surface area contributed by atoms with E-state index in [0.717, 1.165) is 18.4 Å². The summed E-state index contributed by atoms with van der Waals surface area (Å²) in [6, 6.07) is 20.6. The third-order valence-electron chi connectivity index (χ3n) is 6.61. The molecule has 0 unspecified atom stereocenters. The molecule has 2 aromatic carbocycles. The molecule has 2 aromatic rings. The van der Waals surface area contributed by atoms with Crippen molar-refractivity contribution in [3.05, 3.63) is 71.8 Å². The Morgan fingerprint density at radius 1 is 0.906 bits per heavy atom. The Hall–Kier alpha value is -1.47. The number of benzene rings is 2. The molecule has 32 heavy (non-hydrogen) atoms. The second-order valence-electron chi connectivity index (χ2n) is 10.7. The first-order valence-electron chi connectivity index (χ1n) is 11.5. The van der Waals surface area contributed by atoms with E-state index in [9.17, 15) is 4.21 Å². The van der Waals surface area contributed by atoms with Gasteiger partial charge in [0.25, 0.3) is 0 Å². The van der Waals surface area contributed by atoms with E-state index in [4.69, 9.17) is 9.31 Å². The third kappa shape index (κ3) is 5.90. The summed E-state index contributed by atoms with van der Waals surface area (Å²) < 4.78 is 29.3. The molecule has 6 heteroatoms. The molecule has 0 radical (unpaired) electrons. The normalized spacial score (nSPS) is 20.7. The van der Waals surface area contributed by atoms with Gasteiger partial charge in [-0.05, 0) is 72.4 Å². The van der Waals surface area contributed by atoms with Crippen LogP contribution in [0.5, 0.6) is 0 Å². The van der Waals surface area contributed by atoms with Crippen LogP contribution in [0.2, 0.25) is 5.82 Å². The zero-order chi connectivity index (χ0) is 23.6. The predicted molar refractivity (Wildman–Crippen MR) is 135 cm³/mol. The van der Waals surface area contributed by atoms with Gasteiger partial charge < -0.3 is 9.31 Å². The van der Waals surface area contributed by atoms with Crippen LogP contribution >= 0.6 is 0 Å². The Morgan fingerprint density at radius 2 is 1.41 bits per heavy atom. The van der Waals surface area contributed by atoms with E-state index in [2.05, 4.69) is 68.8 Å². The average Bonchev–Trinajstić information content (AvgIpc) is 2.94. The van der Waals surface area contributed by atoms with Crippen LogP contribution in [0.4, 0.5) is 0 Å². The lowest BCUT2D eigenvalue weighted by Gasteiger charge is -2.32. The summed E-state index contributed by atoms with van der Waals surface area (Å²) in [4.78, 5) is 0. The lowest BCUT2D eigenvalue weighted by Crippen LogP contribution is -2.41. The second-order valence-corrected chi connectivity index (χ2v) is 12.7. The summed E-state index contributed by atoms with van der Waals surface area (Å²) in [5.41, 5.74) is 1.52. The van der Waals surface area contributed by atoms with E-state index in [0.29, 0.717) is 0 Å².